The number of benzene rings is 6. The fraction of sp³-hybridized carbons (Fsp3) is 0.0222. The summed E-state index contributed by atoms with van der Waals surface area (Å²) in [4.78, 5) is 9.95. The van der Waals surface area contributed by atoms with Crippen molar-refractivity contribution in [3.05, 3.63) is 187 Å². The summed E-state index contributed by atoms with van der Waals surface area (Å²) >= 11 is 0. The number of pyridine rings is 1. The standard InChI is InChI=1S/C45H33N5/c46-23-22-44-41(26-31-20-21-32-11-4-5-12-33(32)25-31)48-45(50(44)37-14-2-1-3-15-37)36-27-35(34-13-10-24-47-30-34)28-38(29-36)49-42-18-8-6-16-39(42)40-17-7-9-19-43(40)49/h1-25,27-30H,26,46H2/b23-22-. The van der Waals surface area contributed by atoms with Gasteiger partial charge < -0.3 is 10.3 Å². The van der Waals surface area contributed by atoms with Crippen LogP contribution >= 0.6 is 0 Å². The van der Waals surface area contributed by atoms with E-state index in [1.807, 2.05) is 30.6 Å². The molecular weight excluding hydrogens is 611 g/mol. The predicted molar refractivity (Wildman–Crippen MR) is 207 cm³/mol. The molecule has 0 aliphatic heterocycles. The summed E-state index contributed by atoms with van der Waals surface area (Å²) in [5, 5.41) is 4.87. The van der Waals surface area contributed by atoms with E-state index in [0.717, 1.165) is 56.3 Å². The highest BCUT2D eigenvalue weighted by Crippen LogP contribution is 2.37. The molecule has 9 aromatic rings. The first kappa shape index (κ1) is 29.4. The quantitative estimate of drug-likeness (QED) is 0.188. The van der Waals surface area contributed by atoms with E-state index in [1.54, 1.807) is 6.20 Å². The number of rotatable bonds is 7. The highest BCUT2D eigenvalue weighted by molar-refractivity contribution is 6.09. The number of imidazole rings is 1. The maximum Gasteiger partial charge on any atom is 0.145 e. The second-order valence-electron chi connectivity index (χ2n) is 12.5. The van der Waals surface area contributed by atoms with E-state index in [9.17, 15) is 0 Å². The third-order valence-electron chi connectivity index (χ3n) is 9.45. The van der Waals surface area contributed by atoms with Crippen LogP contribution in [-0.4, -0.2) is 19.1 Å². The average Bonchev–Trinajstić information content (AvgIpc) is 3.71. The van der Waals surface area contributed by atoms with Crippen molar-refractivity contribution in [2.24, 2.45) is 5.73 Å². The molecular formula is C45H33N5. The van der Waals surface area contributed by atoms with Gasteiger partial charge in [-0.1, -0.05) is 103 Å². The minimum absolute atomic E-state index is 0.652. The third-order valence-corrected chi connectivity index (χ3v) is 9.45. The van der Waals surface area contributed by atoms with Crippen molar-refractivity contribution in [1.82, 2.24) is 19.1 Å². The summed E-state index contributed by atoms with van der Waals surface area (Å²) in [6.45, 7) is 0. The fourth-order valence-electron chi connectivity index (χ4n) is 7.21. The molecule has 5 heteroatoms. The highest BCUT2D eigenvalue weighted by atomic mass is 15.1. The van der Waals surface area contributed by atoms with Crippen LogP contribution < -0.4 is 5.73 Å². The van der Waals surface area contributed by atoms with Gasteiger partial charge in [0.2, 0.25) is 0 Å². The van der Waals surface area contributed by atoms with Gasteiger partial charge in [-0.2, -0.15) is 0 Å². The highest BCUT2D eigenvalue weighted by Gasteiger charge is 2.21. The van der Waals surface area contributed by atoms with Crippen LogP contribution in [-0.2, 0) is 6.42 Å². The van der Waals surface area contributed by atoms with Gasteiger partial charge in [0.1, 0.15) is 5.82 Å². The summed E-state index contributed by atoms with van der Waals surface area (Å²) in [7, 11) is 0. The van der Waals surface area contributed by atoms with Crippen LogP contribution in [0.25, 0.3) is 72.5 Å². The van der Waals surface area contributed by atoms with E-state index in [4.69, 9.17) is 10.7 Å². The third kappa shape index (κ3) is 5.13. The van der Waals surface area contributed by atoms with Crippen molar-refractivity contribution < 1.29 is 0 Å². The Morgan fingerprint density at radius 1 is 0.560 bits per heavy atom. The fourth-order valence-corrected chi connectivity index (χ4v) is 7.21. The molecule has 0 aliphatic rings. The Kier molecular flexibility index (Phi) is 7.29. The molecule has 5 nitrogen and oxygen atoms in total. The molecule has 50 heavy (non-hydrogen) atoms. The lowest BCUT2D eigenvalue weighted by Crippen LogP contribution is -2.02. The molecule has 0 bridgehead atoms. The van der Waals surface area contributed by atoms with Crippen molar-refractivity contribution >= 4 is 38.7 Å². The van der Waals surface area contributed by atoms with Crippen LogP contribution in [0.1, 0.15) is 17.0 Å². The number of hydrogen-bond donors (Lipinski definition) is 1. The lowest BCUT2D eigenvalue weighted by molar-refractivity contribution is 1.05. The Morgan fingerprint density at radius 3 is 2.00 bits per heavy atom. The number of fused-ring (bicyclic) bond motifs is 4. The van der Waals surface area contributed by atoms with Crippen molar-refractivity contribution in [2.45, 2.75) is 6.42 Å². The van der Waals surface area contributed by atoms with Gasteiger partial charge in [-0.15, -0.1) is 0 Å². The second-order valence-corrected chi connectivity index (χ2v) is 12.5. The summed E-state index contributed by atoms with van der Waals surface area (Å²) < 4.78 is 4.60. The van der Waals surface area contributed by atoms with E-state index < -0.39 is 0 Å². The van der Waals surface area contributed by atoms with Crippen molar-refractivity contribution in [3.8, 4) is 33.9 Å². The van der Waals surface area contributed by atoms with Crippen molar-refractivity contribution in [2.75, 3.05) is 0 Å². The van der Waals surface area contributed by atoms with Crippen LogP contribution in [0.4, 0.5) is 0 Å². The maximum atomic E-state index is 6.15. The van der Waals surface area contributed by atoms with Crippen LogP contribution in [0, 0.1) is 0 Å². The first-order valence-corrected chi connectivity index (χ1v) is 16.8. The summed E-state index contributed by atoms with van der Waals surface area (Å²) in [6.07, 6.45) is 7.97. The lowest BCUT2D eigenvalue weighted by Gasteiger charge is -2.15. The van der Waals surface area contributed by atoms with Crippen LogP contribution in [0.3, 0.4) is 0 Å². The smallest absolute Gasteiger partial charge is 0.145 e. The Bertz CT molecular complexity index is 2630. The molecule has 0 spiro atoms. The molecule has 0 radical (unpaired) electrons. The first-order chi connectivity index (χ1) is 24.7. The van der Waals surface area contributed by atoms with Gasteiger partial charge in [0.05, 0.1) is 22.4 Å². The van der Waals surface area contributed by atoms with Gasteiger partial charge >= 0.3 is 0 Å². The van der Waals surface area contributed by atoms with E-state index in [1.165, 1.54) is 27.1 Å². The lowest BCUT2D eigenvalue weighted by atomic mass is 10.0. The molecule has 0 fully saturated rings. The Hall–Kier alpha value is -6.72. The number of nitrogens with zero attached hydrogens (tertiary/aromatic N) is 4. The number of hydrogen-bond acceptors (Lipinski definition) is 3. The number of nitrogens with two attached hydrogens (primary N) is 1. The summed E-state index contributed by atoms with van der Waals surface area (Å²) in [5.41, 5.74) is 16.7. The topological polar surface area (TPSA) is 61.7 Å². The molecule has 0 unspecified atom stereocenters. The maximum absolute atomic E-state index is 6.15. The molecule has 3 heterocycles. The van der Waals surface area contributed by atoms with E-state index in [0.29, 0.717) is 6.42 Å². The zero-order valence-electron chi connectivity index (χ0n) is 27.3. The molecule has 9 rings (SSSR count). The monoisotopic (exact) mass is 643 g/mol. The number of para-hydroxylation sites is 3. The first-order valence-electron chi connectivity index (χ1n) is 16.8. The summed E-state index contributed by atoms with van der Waals surface area (Å²) in [5.74, 6) is 0.841. The van der Waals surface area contributed by atoms with Crippen LogP contribution in [0.2, 0.25) is 0 Å². The molecule has 0 atom stereocenters. The van der Waals surface area contributed by atoms with Crippen LogP contribution in [0.5, 0.6) is 0 Å². The van der Waals surface area contributed by atoms with E-state index in [2.05, 4.69) is 154 Å². The average molecular weight is 644 g/mol. The Labute approximate surface area is 290 Å². The van der Waals surface area contributed by atoms with Gasteiger partial charge in [0, 0.05) is 52.1 Å². The molecule has 3 aromatic heterocycles. The predicted octanol–water partition coefficient (Wildman–Crippen LogP) is 10.4. The zero-order valence-corrected chi connectivity index (χ0v) is 27.3. The molecule has 2 N–H and O–H groups in total. The molecule has 0 aliphatic carbocycles. The van der Waals surface area contributed by atoms with E-state index >= 15 is 0 Å². The molecule has 0 amide bonds. The van der Waals surface area contributed by atoms with Crippen LogP contribution in [0.15, 0.2) is 170 Å². The molecule has 0 saturated heterocycles. The number of aromatic nitrogens is 4. The van der Waals surface area contributed by atoms with Gasteiger partial charge in [-0.25, -0.2) is 4.98 Å². The second kappa shape index (κ2) is 12.4. The summed E-state index contributed by atoms with van der Waals surface area (Å²) in [6, 6.07) is 53.6. The minimum atomic E-state index is 0.652. The normalized spacial score (nSPS) is 11.7. The van der Waals surface area contributed by atoms with Gasteiger partial charge in [0.15, 0.2) is 0 Å². The van der Waals surface area contributed by atoms with Crippen molar-refractivity contribution in [1.29, 1.82) is 0 Å². The van der Waals surface area contributed by atoms with Crippen molar-refractivity contribution in [3.63, 3.8) is 0 Å². The van der Waals surface area contributed by atoms with Gasteiger partial charge in [0.25, 0.3) is 0 Å². The SMILES string of the molecule is N/C=C\c1c(Cc2ccc3ccccc3c2)nc(-c2cc(-c3cccnc3)cc(-n3c4ccccc4c4ccccc43)c2)n1-c1ccccc1. The largest absolute Gasteiger partial charge is 0.405 e. The minimum Gasteiger partial charge on any atom is -0.405 e. The Morgan fingerprint density at radius 2 is 1.26 bits per heavy atom. The Balaban J connectivity index is 1.31. The zero-order chi connectivity index (χ0) is 33.4. The van der Waals surface area contributed by atoms with Gasteiger partial charge in [-0.05, 0) is 82.7 Å². The molecule has 238 valence electrons. The molecule has 0 saturated carbocycles. The molecule has 6 aromatic carbocycles. The van der Waals surface area contributed by atoms with E-state index in [-0.39, 0.29) is 0 Å². The van der Waals surface area contributed by atoms with Gasteiger partial charge in [-0.3, -0.25) is 9.55 Å².